The van der Waals surface area contributed by atoms with Gasteiger partial charge in [0.05, 0.1) is 15.6 Å². The van der Waals surface area contributed by atoms with Crippen LogP contribution in [0.1, 0.15) is 11.1 Å². The Morgan fingerprint density at radius 2 is 1.85 bits per heavy atom. The van der Waals surface area contributed by atoms with Gasteiger partial charge in [-0.05, 0) is 36.4 Å². The number of hydrogen-bond acceptors (Lipinski definition) is 2. The van der Waals surface area contributed by atoms with Crippen molar-refractivity contribution in [1.29, 1.82) is 5.26 Å². The van der Waals surface area contributed by atoms with Crippen LogP contribution in [0.15, 0.2) is 36.5 Å². The molecule has 0 heterocycles. The summed E-state index contributed by atoms with van der Waals surface area (Å²) in [7, 11) is 0. The molecule has 0 bridgehead atoms. The number of benzene rings is 2. The molecule has 0 aliphatic rings. The van der Waals surface area contributed by atoms with Crippen LogP contribution in [0.3, 0.4) is 0 Å². The summed E-state index contributed by atoms with van der Waals surface area (Å²) in [6.07, 6.45) is 3.38. The van der Waals surface area contributed by atoms with E-state index in [1.54, 1.807) is 30.5 Å². The molecule has 0 spiro atoms. The zero-order valence-electron chi connectivity index (χ0n) is 10.1. The molecule has 5 heteroatoms. The lowest BCUT2D eigenvalue weighted by atomic mass is 10.1. The molecule has 0 saturated carbocycles. The summed E-state index contributed by atoms with van der Waals surface area (Å²) in [6, 6.07) is 13.5. The Morgan fingerprint density at radius 3 is 2.50 bits per heavy atom. The zero-order valence-corrected chi connectivity index (χ0v) is 12.4. The smallest absolute Gasteiger partial charge is 0.101 e. The third-order valence-corrected chi connectivity index (χ3v) is 3.25. The lowest BCUT2D eigenvalue weighted by Gasteiger charge is -2.03. The molecule has 1 N–H and O–H groups in total. The van der Waals surface area contributed by atoms with Crippen LogP contribution in [0, 0.1) is 17.4 Å². The summed E-state index contributed by atoms with van der Waals surface area (Å²) >= 11 is 17.7. The minimum Gasteiger partial charge on any atom is -0.362 e. The summed E-state index contributed by atoms with van der Waals surface area (Å²) in [5, 5.41) is 13.5. The minimum atomic E-state index is 0.302. The van der Waals surface area contributed by atoms with Crippen molar-refractivity contribution in [3.63, 3.8) is 0 Å². The Bertz CT molecular complexity index is 686. The molecule has 20 heavy (non-hydrogen) atoms. The first kappa shape index (κ1) is 14.7. The van der Waals surface area contributed by atoms with Gasteiger partial charge in [0.15, 0.2) is 0 Å². The van der Waals surface area contributed by atoms with E-state index in [4.69, 9.17) is 40.1 Å². The van der Waals surface area contributed by atoms with Crippen molar-refractivity contribution in [3.05, 3.63) is 68.8 Å². The van der Waals surface area contributed by atoms with Gasteiger partial charge in [-0.3, -0.25) is 0 Å². The van der Waals surface area contributed by atoms with Crippen LogP contribution in [0.25, 0.3) is 6.08 Å². The molecule has 0 amide bonds. The fourth-order valence-electron chi connectivity index (χ4n) is 1.55. The first-order valence-corrected chi connectivity index (χ1v) is 6.73. The standard InChI is InChI=1S/C15H8Cl3N2/c16-11-1-3-13(4-2-11)20-6-5-14-10(9-19)7-12(17)8-15(14)18/h1-6,8,20H. The Morgan fingerprint density at radius 1 is 1.15 bits per heavy atom. The number of anilines is 1. The second-order valence-corrected chi connectivity index (χ2v) is 5.10. The van der Waals surface area contributed by atoms with E-state index in [9.17, 15) is 0 Å². The first-order chi connectivity index (χ1) is 9.60. The third kappa shape index (κ3) is 3.68. The number of hydrogen-bond donors (Lipinski definition) is 1. The van der Waals surface area contributed by atoms with Gasteiger partial charge < -0.3 is 5.32 Å². The highest BCUT2D eigenvalue weighted by atomic mass is 35.5. The quantitative estimate of drug-likeness (QED) is 0.821. The predicted octanol–water partition coefficient (Wildman–Crippen LogP) is 5.40. The van der Waals surface area contributed by atoms with E-state index in [-0.39, 0.29) is 0 Å². The Hall–Kier alpha value is -1.66. The summed E-state index contributed by atoms with van der Waals surface area (Å²) in [6.45, 7) is 0. The molecule has 0 atom stereocenters. The number of nitriles is 1. The Balaban J connectivity index is 2.20. The van der Waals surface area contributed by atoms with E-state index in [1.165, 1.54) is 0 Å². The monoisotopic (exact) mass is 321 g/mol. The highest BCUT2D eigenvalue weighted by Gasteiger charge is 2.06. The third-order valence-electron chi connectivity index (χ3n) is 2.48. The van der Waals surface area contributed by atoms with Gasteiger partial charge in [-0.25, -0.2) is 0 Å². The molecule has 2 aromatic rings. The summed E-state index contributed by atoms with van der Waals surface area (Å²) < 4.78 is 0. The van der Waals surface area contributed by atoms with Crippen molar-refractivity contribution < 1.29 is 0 Å². The maximum Gasteiger partial charge on any atom is 0.101 e. The van der Waals surface area contributed by atoms with Crippen LogP contribution in [-0.2, 0) is 0 Å². The van der Waals surface area contributed by atoms with Crippen LogP contribution < -0.4 is 5.32 Å². The molecule has 1 radical (unpaired) electrons. The number of nitrogens with zero attached hydrogens (tertiary/aromatic N) is 1. The molecule has 99 valence electrons. The fourth-order valence-corrected chi connectivity index (χ4v) is 2.20. The van der Waals surface area contributed by atoms with Crippen molar-refractivity contribution in [3.8, 4) is 6.07 Å². The first-order valence-electron chi connectivity index (χ1n) is 5.60. The highest BCUT2D eigenvalue weighted by Crippen LogP contribution is 2.25. The van der Waals surface area contributed by atoms with Crippen LogP contribution >= 0.6 is 34.8 Å². The maximum atomic E-state index is 9.05. The molecular weight excluding hydrogens is 315 g/mol. The van der Waals surface area contributed by atoms with E-state index in [1.807, 2.05) is 18.2 Å². The van der Waals surface area contributed by atoms with Gasteiger partial charge >= 0.3 is 0 Å². The SMILES string of the molecule is N#Cc1[c]c(Cl)cc(Cl)c1C=CNc1ccc(Cl)cc1. The van der Waals surface area contributed by atoms with Gasteiger partial charge in [0.1, 0.15) is 6.07 Å². The van der Waals surface area contributed by atoms with E-state index in [0.29, 0.717) is 26.2 Å². The Kier molecular flexibility index (Phi) is 4.92. The van der Waals surface area contributed by atoms with E-state index < -0.39 is 0 Å². The lowest BCUT2D eigenvalue weighted by Crippen LogP contribution is -1.89. The molecule has 2 aromatic carbocycles. The van der Waals surface area contributed by atoms with Gasteiger partial charge in [-0.15, -0.1) is 0 Å². The maximum absolute atomic E-state index is 9.05. The van der Waals surface area contributed by atoms with Crippen molar-refractivity contribution in [2.24, 2.45) is 0 Å². The van der Waals surface area contributed by atoms with Gasteiger partial charge in [0, 0.05) is 28.5 Å². The second kappa shape index (κ2) is 6.67. The van der Waals surface area contributed by atoms with Crippen LogP contribution in [-0.4, -0.2) is 0 Å². The number of rotatable bonds is 3. The average Bonchev–Trinajstić information content (AvgIpc) is 2.42. The van der Waals surface area contributed by atoms with Crippen molar-refractivity contribution >= 4 is 46.6 Å². The molecule has 0 aliphatic heterocycles. The molecule has 0 unspecified atom stereocenters. The molecule has 0 fully saturated rings. The van der Waals surface area contributed by atoms with E-state index >= 15 is 0 Å². The molecule has 0 saturated heterocycles. The van der Waals surface area contributed by atoms with Gasteiger partial charge in [-0.2, -0.15) is 5.26 Å². The average molecular weight is 323 g/mol. The zero-order chi connectivity index (χ0) is 14.5. The molecule has 2 nitrogen and oxygen atoms in total. The van der Waals surface area contributed by atoms with Crippen LogP contribution in [0.4, 0.5) is 5.69 Å². The Labute approximate surface area is 132 Å². The fraction of sp³-hybridized carbons (Fsp3) is 0. The molecule has 2 rings (SSSR count). The van der Waals surface area contributed by atoms with Crippen LogP contribution in [0.5, 0.6) is 0 Å². The molecular formula is C15H8Cl3N2. The van der Waals surface area contributed by atoms with Gasteiger partial charge in [-0.1, -0.05) is 34.8 Å². The summed E-state index contributed by atoms with van der Waals surface area (Å²) in [5.41, 5.74) is 1.75. The van der Waals surface area contributed by atoms with Gasteiger partial charge in [0.2, 0.25) is 0 Å². The van der Waals surface area contributed by atoms with Gasteiger partial charge in [0.25, 0.3) is 0 Å². The topological polar surface area (TPSA) is 35.8 Å². The second-order valence-electron chi connectivity index (χ2n) is 3.85. The normalized spacial score (nSPS) is 10.5. The van der Waals surface area contributed by atoms with E-state index in [2.05, 4.69) is 11.4 Å². The number of nitrogens with one attached hydrogen (secondary N) is 1. The molecule has 0 aliphatic carbocycles. The van der Waals surface area contributed by atoms with Crippen molar-refractivity contribution in [2.45, 2.75) is 0 Å². The lowest BCUT2D eigenvalue weighted by molar-refractivity contribution is 1.46. The van der Waals surface area contributed by atoms with Crippen LogP contribution in [0.2, 0.25) is 15.1 Å². The predicted molar refractivity (Wildman–Crippen MR) is 84.1 cm³/mol. The minimum absolute atomic E-state index is 0.302. The largest absolute Gasteiger partial charge is 0.362 e. The van der Waals surface area contributed by atoms with E-state index in [0.717, 1.165) is 5.69 Å². The van der Waals surface area contributed by atoms with Crippen molar-refractivity contribution in [2.75, 3.05) is 5.32 Å². The highest BCUT2D eigenvalue weighted by molar-refractivity contribution is 6.35. The molecule has 0 aromatic heterocycles. The summed E-state index contributed by atoms with van der Waals surface area (Å²) in [5.74, 6) is 0. The van der Waals surface area contributed by atoms with Crippen molar-refractivity contribution in [1.82, 2.24) is 0 Å². The number of halogens is 3. The summed E-state index contributed by atoms with van der Waals surface area (Å²) in [4.78, 5) is 0.